The number of hydrogen-bond donors (Lipinski definition) is 0. The third-order valence-corrected chi connectivity index (χ3v) is 5.17. The van der Waals surface area contributed by atoms with Crippen LogP contribution in [0, 0.1) is 23.7 Å². The molecule has 116 valence electrons. The summed E-state index contributed by atoms with van der Waals surface area (Å²) in [7, 11) is 0. The van der Waals surface area contributed by atoms with Crippen LogP contribution in [0.4, 0.5) is 0 Å². The number of rotatable bonds is 2. The fourth-order valence-corrected chi connectivity index (χ4v) is 4.12. The molecule has 0 aromatic heterocycles. The predicted octanol–water partition coefficient (Wildman–Crippen LogP) is 1.56. The second-order valence-electron chi connectivity index (χ2n) is 6.35. The molecule has 1 aromatic rings. The van der Waals surface area contributed by atoms with Crippen molar-refractivity contribution < 1.29 is 19.1 Å². The molecule has 2 aliphatic carbocycles. The molecule has 1 aromatic carbocycles. The molecule has 4 atom stereocenters. The highest BCUT2D eigenvalue weighted by molar-refractivity contribution is 6.06. The molecule has 1 saturated heterocycles. The number of ether oxygens (including phenoxy) is 2. The van der Waals surface area contributed by atoms with Crippen LogP contribution >= 0.6 is 0 Å². The topological polar surface area (TPSA) is 68.2 Å². The summed E-state index contributed by atoms with van der Waals surface area (Å²) in [6, 6.07) is 5.38. The Balaban J connectivity index is 1.41. The average molecular weight is 310 g/mol. The lowest BCUT2D eigenvalue weighted by molar-refractivity contribution is -0.140. The van der Waals surface area contributed by atoms with Gasteiger partial charge in [0.15, 0.2) is 11.5 Å². The number of imide groups is 1. The quantitative estimate of drug-likeness (QED) is 0.472. The molecule has 0 unspecified atom stereocenters. The van der Waals surface area contributed by atoms with Crippen LogP contribution in [0.3, 0.4) is 0 Å². The van der Waals surface area contributed by atoms with E-state index in [1.165, 1.54) is 6.21 Å². The van der Waals surface area contributed by atoms with E-state index in [1.54, 1.807) is 12.1 Å². The summed E-state index contributed by atoms with van der Waals surface area (Å²) in [5.41, 5.74) is 0.757. The van der Waals surface area contributed by atoms with Gasteiger partial charge in [-0.15, -0.1) is 0 Å². The highest BCUT2D eigenvalue weighted by Gasteiger charge is 2.59. The van der Waals surface area contributed by atoms with Crippen molar-refractivity contribution in [2.24, 2.45) is 28.8 Å². The minimum absolute atomic E-state index is 0.172. The van der Waals surface area contributed by atoms with Crippen LogP contribution in [0.2, 0.25) is 0 Å². The average Bonchev–Trinajstić information content (AvgIpc) is 3.30. The van der Waals surface area contributed by atoms with Crippen molar-refractivity contribution >= 4 is 18.0 Å². The van der Waals surface area contributed by atoms with Crippen molar-refractivity contribution in [3.63, 3.8) is 0 Å². The largest absolute Gasteiger partial charge is 0.454 e. The molecule has 4 aliphatic rings. The summed E-state index contributed by atoms with van der Waals surface area (Å²) in [4.78, 5) is 25.0. The SMILES string of the molecule is O=C1[C@@H]2[C@H](C(=O)N1/N=C\c1ccc3c(c1)OCO3)[C@H]1C=C[C@@H]2C1. The lowest BCUT2D eigenvalue weighted by Crippen LogP contribution is -2.28. The number of hydrazone groups is 1. The van der Waals surface area contributed by atoms with Crippen LogP contribution < -0.4 is 9.47 Å². The maximum atomic E-state index is 12.5. The summed E-state index contributed by atoms with van der Waals surface area (Å²) in [6.07, 6.45) is 6.59. The zero-order valence-corrected chi connectivity index (χ0v) is 12.2. The van der Waals surface area contributed by atoms with Gasteiger partial charge >= 0.3 is 0 Å². The minimum Gasteiger partial charge on any atom is -0.454 e. The molecule has 6 nitrogen and oxygen atoms in total. The van der Waals surface area contributed by atoms with Crippen LogP contribution in [-0.2, 0) is 9.59 Å². The van der Waals surface area contributed by atoms with E-state index < -0.39 is 0 Å². The van der Waals surface area contributed by atoms with Gasteiger partial charge < -0.3 is 9.47 Å². The van der Waals surface area contributed by atoms with E-state index in [4.69, 9.17) is 9.47 Å². The Hall–Kier alpha value is -2.63. The highest BCUT2D eigenvalue weighted by atomic mass is 16.7. The Morgan fingerprint density at radius 3 is 2.48 bits per heavy atom. The van der Waals surface area contributed by atoms with Gasteiger partial charge in [-0.3, -0.25) is 9.59 Å². The van der Waals surface area contributed by atoms with Gasteiger partial charge in [0, 0.05) is 0 Å². The summed E-state index contributed by atoms with van der Waals surface area (Å²) in [6.45, 7) is 0.207. The first-order chi connectivity index (χ1) is 11.2. The molecule has 2 heterocycles. The molecule has 2 aliphatic heterocycles. The molecular formula is C17H14N2O4. The number of benzene rings is 1. The number of amides is 2. The summed E-state index contributed by atoms with van der Waals surface area (Å²) in [5, 5.41) is 5.19. The van der Waals surface area contributed by atoms with Gasteiger partial charge in [0.2, 0.25) is 6.79 Å². The van der Waals surface area contributed by atoms with Crippen molar-refractivity contribution in [3.8, 4) is 11.5 Å². The lowest BCUT2D eigenvalue weighted by atomic mass is 9.85. The molecule has 0 N–H and O–H groups in total. The summed E-state index contributed by atoms with van der Waals surface area (Å²) in [5.74, 6) is 0.958. The zero-order valence-electron chi connectivity index (χ0n) is 12.2. The first kappa shape index (κ1) is 12.9. The maximum absolute atomic E-state index is 12.5. The van der Waals surface area contributed by atoms with E-state index in [-0.39, 0.29) is 42.3 Å². The number of carbonyl (C=O) groups is 2. The smallest absolute Gasteiger partial charge is 0.254 e. The molecular weight excluding hydrogens is 296 g/mol. The number of carbonyl (C=O) groups excluding carboxylic acids is 2. The van der Waals surface area contributed by atoms with Gasteiger partial charge in [0.25, 0.3) is 11.8 Å². The Morgan fingerprint density at radius 1 is 1.04 bits per heavy atom. The molecule has 1 saturated carbocycles. The van der Waals surface area contributed by atoms with E-state index in [0.29, 0.717) is 11.5 Å². The first-order valence-electron chi connectivity index (χ1n) is 7.72. The lowest BCUT2D eigenvalue weighted by Gasteiger charge is -2.13. The minimum atomic E-state index is -0.216. The van der Waals surface area contributed by atoms with E-state index in [9.17, 15) is 9.59 Å². The van der Waals surface area contributed by atoms with Gasteiger partial charge in [-0.05, 0) is 42.0 Å². The molecule has 2 amide bonds. The third-order valence-electron chi connectivity index (χ3n) is 5.17. The summed E-state index contributed by atoms with van der Waals surface area (Å²) < 4.78 is 10.6. The van der Waals surface area contributed by atoms with Crippen LogP contribution in [0.5, 0.6) is 11.5 Å². The van der Waals surface area contributed by atoms with Crippen molar-refractivity contribution in [3.05, 3.63) is 35.9 Å². The van der Waals surface area contributed by atoms with Gasteiger partial charge in [-0.1, -0.05) is 12.2 Å². The fourth-order valence-electron chi connectivity index (χ4n) is 4.12. The van der Waals surface area contributed by atoms with Gasteiger partial charge in [0.1, 0.15) is 0 Å². The van der Waals surface area contributed by atoms with Crippen LogP contribution in [-0.4, -0.2) is 29.8 Å². The molecule has 6 heteroatoms. The Morgan fingerprint density at radius 2 is 1.74 bits per heavy atom. The van der Waals surface area contributed by atoms with Crippen LogP contribution in [0.15, 0.2) is 35.5 Å². The number of hydrogen-bond acceptors (Lipinski definition) is 5. The Kier molecular flexibility index (Phi) is 2.48. The van der Waals surface area contributed by atoms with E-state index in [1.807, 2.05) is 6.07 Å². The van der Waals surface area contributed by atoms with Crippen LogP contribution in [0.25, 0.3) is 0 Å². The van der Waals surface area contributed by atoms with Crippen molar-refractivity contribution in [1.82, 2.24) is 5.01 Å². The molecule has 23 heavy (non-hydrogen) atoms. The fraction of sp³-hybridized carbons (Fsp3) is 0.353. The monoisotopic (exact) mass is 310 g/mol. The van der Waals surface area contributed by atoms with Gasteiger partial charge in [-0.25, -0.2) is 0 Å². The predicted molar refractivity (Wildman–Crippen MR) is 79.7 cm³/mol. The number of nitrogens with zero attached hydrogens (tertiary/aromatic N) is 2. The zero-order chi connectivity index (χ0) is 15.6. The van der Waals surface area contributed by atoms with Crippen LogP contribution in [0.1, 0.15) is 12.0 Å². The Bertz CT molecular complexity index is 755. The second-order valence-corrected chi connectivity index (χ2v) is 6.35. The van der Waals surface area contributed by atoms with E-state index >= 15 is 0 Å². The van der Waals surface area contributed by atoms with Gasteiger partial charge in [-0.2, -0.15) is 10.1 Å². The molecule has 0 radical (unpaired) electrons. The number of allylic oxidation sites excluding steroid dienone is 2. The Labute approximate surface area is 132 Å². The second kappa shape index (κ2) is 4.44. The third kappa shape index (κ3) is 1.72. The summed E-state index contributed by atoms with van der Waals surface area (Å²) >= 11 is 0. The standard InChI is InChI=1S/C17H14N2O4/c20-16-14-10-2-3-11(6-10)15(14)17(21)19(16)18-7-9-1-4-12-13(5-9)23-8-22-12/h1-5,7,10-11,14-15H,6,8H2/b18-7-/t10-,11+,14+,15-. The molecule has 2 fully saturated rings. The number of fused-ring (bicyclic) bond motifs is 6. The molecule has 5 rings (SSSR count). The van der Waals surface area contributed by atoms with Gasteiger partial charge in [0.05, 0.1) is 18.1 Å². The van der Waals surface area contributed by atoms with E-state index in [0.717, 1.165) is 17.0 Å². The molecule has 0 spiro atoms. The normalized spacial score (nSPS) is 33.3. The van der Waals surface area contributed by atoms with Crippen molar-refractivity contribution in [2.45, 2.75) is 6.42 Å². The molecule has 2 bridgehead atoms. The first-order valence-corrected chi connectivity index (χ1v) is 7.72. The van der Waals surface area contributed by atoms with E-state index in [2.05, 4.69) is 17.3 Å². The van der Waals surface area contributed by atoms with Crippen molar-refractivity contribution in [2.75, 3.05) is 6.79 Å². The highest BCUT2D eigenvalue weighted by Crippen LogP contribution is 2.52. The van der Waals surface area contributed by atoms with Crippen molar-refractivity contribution in [1.29, 1.82) is 0 Å². The maximum Gasteiger partial charge on any atom is 0.254 e.